The van der Waals surface area contributed by atoms with E-state index in [1.165, 1.54) is 6.08 Å². The van der Waals surface area contributed by atoms with Crippen molar-refractivity contribution in [1.82, 2.24) is 4.90 Å². The van der Waals surface area contributed by atoms with Crippen molar-refractivity contribution in [3.63, 3.8) is 0 Å². The lowest BCUT2D eigenvalue weighted by Crippen LogP contribution is -2.27. The maximum absolute atomic E-state index is 12.5. The fourth-order valence-electron chi connectivity index (χ4n) is 2.76. The average molecular weight is 543 g/mol. The molecule has 0 radical (unpaired) electrons. The lowest BCUT2D eigenvalue weighted by molar-refractivity contribution is -0.122. The SMILES string of the molecule is C=CCN1C(=O)S/C(=C/c2cc(OCC)c(OCc3ccc(Cl)cc3Cl)cc2Br)C1=O. The number of hydrogen-bond donors (Lipinski definition) is 0. The van der Waals surface area contributed by atoms with Crippen LogP contribution in [0.3, 0.4) is 0 Å². The van der Waals surface area contributed by atoms with E-state index in [1.807, 2.05) is 6.92 Å². The largest absolute Gasteiger partial charge is 0.490 e. The summed E-state index contributed by atoms with van der Waals surface area (Å²) in [6, 6.07) is 8.72. The van der Waals surface area contributed by atoms with Crippen LogP contribution >= 0.6 is 50.9 Å². The molecule has 31 heavy (non-hydrogen) atoms. The van der Waals surface area contributed by atoms with Gasteiger partial charge in [0, 0.05) is 26.6 Å². The van der Waals surface area contributed by atoms with Crippen LogP contribution in [-0.4, -0.2) is 29.2 Å². The van der Waals surface area contributed by atoms with E-state index in [0.717, 1.165) is 22.2 Å². The summed E-state index contributed by atoms with van der Waals surface area (Å²) in [4.78, 5) is 26.0. The van der Waals surface area contributed by atoms with Crippen molar-refractivity contribution in [3.05, 3.63) is 73.5 Å². The van der Waals surface area contributed by atoms with Crippen molar-refractivity contribution in [1.29, 1.82) is 0 Å². The van der Waals surface area contributed by atoms with Gasteiger partial charge in [0.1, 0.15) is 6.61 Å². The number of hydrogen-bond acceptors (Lipinski definition) is 5. The molecule has 0 unspecified atom stereocenters. The lowest BCUT2D eigenvalue weighted by atomic mass is 10.1. The third kappa shape index (κ3) is 5.66. The number of halogens is 3. The monoisotopic (exact) mass is 541 g/mol. The molecule has 0 aliphatic carbocycles. The van der Waals surface area contributed by atoms with E-state index in [1.54, 1.807) is 36.4 Å². The van der Waals surface area contributed by atoms with Crippen LogP contribution in [0.25, 0.3) is 6.08 Å². The molecule has 3 rings (SSSR count). The molecule has 162 valence electrons. The summed E-state index contributed by atoms with van der Waals surface area (Å²) in [6.45, 7) is 6.27. The highest BCUT2D eigenvalue weighted by Crippen LogP contribution is 2.38. The molecule has 0 aromatic heterocycles. The number of imide groups is 1. The third-order valence-corrected chi connectivity index (χ3v) is 6.41. The summed E-state index contributed by atoms with van der Waals surface area (Å²) in [7, 11) is 0. The van der Waals surface area contributed by atoms with E-state index in [-0.39, 0.29) is 24.3 Å². The van der Waals surface area contributed by atoms with Crippen molar-refractivity contribution in [2.45, 2.75) is 13.5 Å². The van der Waals surface area contributed by atoms with Gasteiger partial charge in [-0.15, -0.1) is 6.58 Å². The minimum absolute atomic E-state index is 0.174. The number of rotatable bonds is 8. The van der Waals surface area contributed by atoms with Gasteiger partial charge in [0.15, 0.2) is 11.5 Å². The van der Waals surface area contributed by atoms with E-state index in [2.05, 4.69) is 22.5 Å². The molecule has 0 bridgehead atoms. The maximum atomic E-state index is 12.5. The normalized spacial score (nSPS) is 15.0. The fraction of sp³-hybridized carbons (Fsp3) is 0.182. The number of amides is 2. The van der Waals surface area contributed by atoms with Crippen LogP contribution < -0.4 is 9.47 Å². The molecule has 1 heterocycles. The Hall–Kier alpha value is -1.93. The molecule has 0 atom stereocenters. The predicted molar refractivity (Wildman–Crippen MR) is 129 cm³/mol. The second-order valence-electron chi connectivity index (χ2n) is 6.36. The van der Waals surface area contributed by atoms with Crippen LogP contribution in [0.1, 0.15) is 18.1 Å². The highest BCUT2D eigenvalue weighted by molar-refractivity contribution is 9.10. The van der Waals surface area contributed by atoms with Crippen molar-refractivity contribution in [2.24, 2.45) is 0 Å². The van der Waals surface area contributed by atoms with E-state index in [9.17, 15) is 9.59 Å². The highest BCUT2D eigenvalue weighted by Gasteiger charge is 2.34. The van der Waals surface area contributed by atoms with E-state index in [0.29, 0.717) is 43.1 Å². The van der Waals surface area contributed by atoms with Gasteiger partial charge in [0.25, 0.3) is 11.1 Å². The Morgan fingerprint density at radius 2 is 1.90 bits per heavy atom. The first-order chi connectivity index (χ1) is 14.8. The van der Waals surface area contributed by atoms with Gasteiger partial charge in [0.05, 0.1) is 11.5 Å². The zero-order valence-electron chi connectivity index (χ0n) is 16.5. The van der Waals surface area contributed by atoms with Crippen LogP contribution in [-0.2, 0) is 11.4 Å². The minimum atomic E-state index is -0.350. The molecule has 9 heteroatoms. The summed E-state index contributed by atoms with van der Waals surface area (Å²) >= 11 is 16.6. The van der Waals surface area contributed by atoms with Gasteiger partial charge < -0.3 is 9.47 Å². The van der Waals surface area contributed by atoms with Crippen molar-refractivity contribution in [3.8, 4) is 11.5 Å². The van der Waals surface area contributed by atoms with Crippen LogP contribution in [0.15, 0.2) is 52.4 Å². The van der Waals surface area contributed by atoms with E-state index >= 15 is 0 Å². The molecule has 1 aliphatic heterocycles. The number of benzene rings is 2. The van der Waals surface area contributed by atoms with Gasteiger partial charge in [-0.25, -0.2) is 0 Å². The Bertz CT molecular complexity index is 1070. The van der Waals surface area contributed by atoms with Gasteiger partial charge in [0.2, 0.25) is 0 Å². The van der Waals surface area contributed by atoms with Gasteiger partial charge in [-0.05, 0) is 54.6 Å². The van der Waals surface area contributed by atoms with Crippen LogP contribution in [0.5, 0.6) is 11.5 Å². The predicted octanol–water partition coefficient (Wildman–Crippen LogP) is 6.96. The summed E-state index contributed by atoms with van der Waals surface area (Å²) in [5.74, 6) is 0.668. The number of nitrogens with zero attached hydrogens (tertiary/aromatic N) is 1. The van der Waals surface area contributed by atoms with Crippen LogP contribution in [0.4, 0.5) is 4.79 Å². The lowest BCUT2D eigenvalue weighted by Gasteiger charge is -2.15. The molecule has 1 saturated heterocycles. The Morgan fingerprint density at radius 1 is 1.16 bits per heavy atom. The molecule has 0 spiro atoms. The number of ether oxygens (including phenoxy) is 2. The first kappa shape index (κ1) is 23.7. The van der Waals surface area contributed by atoms with Gasteiger partial charge in [-0.2, -0.15) is 0 Å². The van der Waals surface area contributed by atoms with Crippen LogP contribution in [0.2, 0.25) is 10.0 Å². The van der Waals surface area contributed by atoms with Crippen molar-refractivity contribution in [2.75, 3.05) is 13.2 Å². The summed E-state index contributed by atoms with van der Waals surface area (Å²) < 4.78 is 12.4. The Morgan fingerprint density at radius 3 is 2.58 bits per heavy atom. The molecule has 1 fully saturated rings. The first-order valence-electron chi connectivity index (χ1n) is 9.23. The van der Waals surface area contributed by atoms with Crippen molar-refractivity contribution < 1.29 is 19.1 Å². The standard InChI is InChI=1S/C22H18BrCl2NO4S/c1-3-7-26-21(27)20(31-22(26)28)9-14-8-18(29-4-2)19(11-16(14)23)30-12-13-5-6-15(24)10-17(13)25/h3,5-6,8-11H,1,4,7,12H2,2H3/b20-9+. The first-order valence-corrected chi connectivity index (χ1v) is 11.6. The van der Waals surface area contributed by atoms with Crippen LogP contribution in [0, 0.1) is 0 Å². The molecule has 0 N–H and O–H groups in total. The van der Waals surface area contributed by atoms with E-state index < -0.39 is 0 Å². The zero-order chi connectivity index (χ0) is 22.5. The maximum Gasteiger partial charge on any atom is 0.293 e. The topological polar surface area (TPSA) is 55.8 Å². The molecule has 1 aliphatic rings. The fourth-order valence-corrected chi connectivity index (χ4v) is 4.50. The third-order valence-electron chi connectivity index (χ3n) is 4.23. The molecular weight excluding hydrogens is 525 g/mol. The van der Waals surface area contributed by atoms with E-state index in [4.69, 9.17) is 32.7 Å². The Kier molecular flexibility index (Phi) is 8.11. The summed E-state index contributed by atoms with van der Waals surface area (Å²) in [5.41, 5.74) is 1.47. The summed E-state index contributed by atoms with van der Waals surface area (Å²) in [5, 5.41) is 0.738. The molecule has 2 amide bonds. The average Bonchev–Trinajstić information content (AvgIpc) is 2.98. The number of thioether (sulfide) groups is 1. The molecule has 0 saturated carbocycles. The van der Waals surface area contributed by atoms with Crippen molar-refractivity contribution >= 4 is 68.1 Å². The number of carbonyl (C=O) groups excluding carboxylic acids is 2. The van der Waals surface area contributed by atoms with Gasteiger partial charge in [-0.3, -0.25) is 14.5 Å². The molecule has 2 aromatic rings. The second-order valence-corrected chi connectivity index (χ2v) is 9.05. The zero-order valence-corrected chi connectivity index (χ0v) is 20.4. The van der Waals surface area contributed by atoms with Gasteiger partial charge in [-0.1, -0.05) is 51.3 Å². The highest BCUT2D eigenvalue weighted by atomic mass is 79.9. The Labute approximate surface area is 203 Å². The second kappa shape index (κ2) is 10.6. The van der Waals surface area contributed by atoms with Gasteiger partial charge >= 0.3 is 0 Å². The minimum Gasteiger partial charge on any atom is -0.490 e. The molecular formula is C22H18BrCl2NO4S. The molecule has 5 nitrogen and oxygen atoms in total. The quantitative estimate of drug-likeness (QED) is 0.266. The Balaban J connectivity index is 1.87. The summed E-state index contributed by atoms with van der Waals surface area (Å²) in [6.07, 6.45) is 3.17. The molecule has 2 aromatic carbocycles. The smallest absolute Gasteiger partial charge is 0.293 e. The number of carbonyl (C=O) groups is 2.